The van der Waals surface area contributed by atoms with Crippen LogP contribution in [0, 0.1) is 11.3 Å². The number of halogens is 2. The molecule has 5 rings (SSSR count). The van der Waals surface area contributed by atoms with Crippen LogP contribution >= 0.6 is 0 Å². The summed E-state index contributed by atoms with van der Waals surface area (Å²) in [6.07, 6.45) is 3.24. The van der Waals surface area contributed by atoms with E-state index in [4.69, 9.17) is 4.74 Å². The fraction of sp³-hybridized carbons (Fsp3) is 0.652. The maximum absolute atomic E-state index is 13.2. The minimum Gasteiger partial charge on any atom is -0.444 e. The number of nitrogens with one attached hydrogen (secondary N) is 1. The van der Waals surface area contributed by atoms with Gasteiger partial charge in [-0.1, -0.05) is 6.07 Å². The van der Waals surface area contributed by atoms with Crippen LogP contribution in [0.2, 0.25) is 0 Å². The first-order chi connectivity index (χ1) is 15.4. The van der Waals surface area contributed by atoms with Gasteiger partial charge >= 0.3 is 6.09 Å². The van der Waals surface area contributed by atoms with Gasteiger partial charge in [0, 0.05) is 36.5 Å². The fourth-order valence-corrected chi connectivity index (χ4v) is 5.04. The summed E-state index contributed by atoms with van der Waals surface area (Å²) in [6.45, 7) is 7.06. The van der Waals surface area contributed by atoms with E-state index in [0.29, 0.717) is 5.65 Å². The molecule has 1 atom stereocenters. The van der Waals surface area contributed by atoms with Crippen molar-refractivity contribution in [2.75, 3.05) is 18.4 Å². The first-order valence-electron chi connectivity index (χ1n) is 11.5. The maximum atomic E-state index is 13.2. The predicted octanol–water partition coefficient (Wildman–Crippen LogP) is 4.22. The molecule has 10 heteroatoms. The Bertz CT molecular complexity index is 1090. The zero-order valence-corrected chi connectivity index (χ0v) is 19.1. The first kappa shape index (κ1) is 22.0. The van der Waals surface area contributed by atoms with Crippen molar-refractivity contribution in [3.63, 3.8) is 0 Å². The number of amides is 2. The number of nitrogens with zero attached hydrogens (tertiary/aromatic N) is 4. The smallest absolute Gasteiger partial charge is 0.410 e. The number of alkyl halides is 2. The number of hydrogen-bond donors (Lipinski definition) is 1. The molecule has 2 saturated carbocycles. The molecule has 8 nitrogen and oxygen atoms in total. The number of aromatic nitrogens is 3. The van der Waals surface area contributed by atoms with Crippen LogP contribution in [0.15, 0.2) is 18.2 Å². The molecule has 1 N–H and O–H groups in total. The molecule has 2 aromatic heterocycles. The molecule has 33 heavy (non-hydrogen) atoms. The standard InChI is InChI=1S/C23H29F2N5O3/c1-21(2,3)33-20(32)29-12-22(13-29)9-7-14(8-10-22)16-5-4-6-17-26-19(28-30(16)17)27-18(31)15-11-23(15,24)25/h4-6,14-15H,7-13H2,1-3H3,(H,27,28,31)/t15-/m0/s1. The normalized spacial score (nSPS) is 23.9. The summed E-state index contributed by atoms with van der Waals surface area (Å²) < 4.78 is 33.5. The Morgan fingerprint density at radius 2 is 1.85 bits per heavy atom. The maximum Gasteiger partial charge on any atom is 0.410 e. The Morgan fingerprint density at radius 1 is 1.18 bits per heavy atom. The van der Waals surface area contributed by atoms with Crippen molar-refractivity contribution in [3.05, 3.63) is 23.9 Å². The number of likely N-dealkylation sites (tertiary alicyclic amines) is 1. The summed E-state index contributed by atoms with van der Waals surface area (Å²) in [5.74, 6) is -4.63. The van der Waals surface area contributed by atoms with Crippen LogP contribution in [-0.2, 0) is 9.53 Å². The van der Waals surface area contributed by atoms with Gasteiger partial charge in [-0.3, -0.25) is 10.1 Å². The van der Waals surface area contributed by atoms with Crippen molar-refractivity contribution < 1.29 is 23.1 Å². The van der Waals surface area contributed by atoms with E-state index in [2.05, 4.69) is 15.4 Å². The Kier molecular flexibility index (Phi) is 4.92. The van der Waals surface area contributed by atoms with E-state index < -0.39 is 29.8 Å². The minimum atomic E-state index is -2.92. The van der Waals surface area contributed by atoms with E-state index >= 15 is 0 Å². The SMILES string of the molecule is CC(C)(C)OC(=O)N1CC2(CCC(c3cccc4nc(NC(=O)[C@@H]5CC5(F)F)nn34)CC2)C1. The lowest BCUT2D eigenvalue weighted by Crippen LogP contribution is -2.60. The molecule has 2 aliphatic carbocycles. The third kappa shape index (κ3) is 4.27. The molecule has 0 radical (unpaired) electrons. The Morgan fingerprint density at radius 3 is 2.45 bits per heavy atom. The monoisotopic (exact) mass is 461 g/mol. The number of carbonyl (C=O) groups is 2. The number of ether oxygens (including phenoxy) is 1. The third-order valence-electron chi connectivity index (χ3n) is 6.94. The summed E-state index contributed by atoms with van der Waals surface area (Å²) in [7, 11) is 0. The van der Waals surface area contributed by atoms with E-state index in [1.807, 2.05) is 32.9 Å². The summed E-state index contributed by atoms with van der Waals surface area (Å²) >= 11 is 0. The van der Waals surface area contributed by atoms with E-state index in [9.17, 15) is 18.4 Å². The number of rotatable bonds is 3. The van der Waals surface area contributed by atoms with Crippen molar-refractivity contribution in [2.24, 2.45) is 11.3 Å². The fourth-order valence-electron chi connectivity index (χ4n) is 5.04. The summed E-state index contributed by atoms with van der Waals surface area (Å²) in [5.41, 5.74) is 1.23. The zero-order chi connectivity index (χ0) is 23.6. The van der Waals surface area contributed by atoms with Crippen LogP contribution in [0.1, 0.15) is 64.5 Å². The number of hydrogen-bond acceptors (Lipinski definition) is 5. The molecular weight excluding hydrogens is 432 g/mol. The van der Waals surface area contributed by atoms with Gasteiger partial charge in [0.05, 0.1) is 0 Å². The van der Waals surface area contributed by atoms with Gasteiger partial charge in [-0.15, -0.1) is 5.10 Å². The van der Waals surface area contributed by atoms with Gasteiger partial charge in [0.15, 0.2) is 5.65 Å². The molecule has 3 heterocycles. The van der Waals surface area contributed by atoms with Gasteiger partial charge < -0.3 is 9.64 Å². The van der Waals surface area contributed by atoms with Crippen molar-refractivity contribution in [2.45, 2.75) is 70.3 Å². The number of anilines is 1. The van der Waals surface area contributed by atoms with Gasteiger partial charge in [0.1, 0.15) is 11.5 Å². The van der Waals surface area contributed by atoms with Gasteiger partial charge in [0.2, 0.25) is 11.9 Å². The molecule has 2 aromatic rings. The summed E-state index contributed by atoms with van der Waals surface area (Å²) in [5, 5.41) is 6.82. The average molecular weight is 462 g/mol. The molecule has 3 fully saturated rings. The molecule has 0 aromatic carbocycles. The lowest BCUT2D eigenvalue weighted by atomic mass is 9.65. The van der Waals surface area contributed by atoms with Crippen LogP contribution in [0.4, 0.5) is 19.5 Å². The molecule has 1 aliphatic heterocycles. The minimum absolute atomic E-state index is 0.0504. The topological polar surface area (TPSA) is 88.8 Å². The quantitative estimate of drug-likeness (QED) is 0.740. The Balaban J connectivity index is 1.22. The lowest BCUT2D eigenvalue weighted by Gasteiger charge is -2.53. The highest BCUT2D eigenvalue weighted by Gasteiger charge is 2.61. The van der Waals surface area contributed by atoms with Gasteiger partial charge in [-0.05, 0) is 58.6 Å². The molecule has 178 valence electrons. The molecule has 2 amide bonds. The summed E-state index contributed by atoms with van der Waals surface area (Å²) in [6, 6.07) is 5.68. The second kappa shape index (κ2) is 7.36. The molecular formula is C23H29F2N5O3. The van der Waals surface area contributed by atoms with Crippen molar-refractivity contribution in [3.8, 4) is 0 Å². The van der Waals surface area contributed by atoms with Crippen molar-refractivity contribution >= 4 is 23.6 Å². The number of carbonyl (C=O) groups excluding carboxylic acids is 2. The van der Waals surface area contributed by atoms with Crippen LogP contribution in [0.3, 0.4) is 0 Å². The molecule has 1 saturated heterocycles. The molecule has 1 spiro atoms. The number of fused-ring (bicyclic) bond motifs is 1. The van der Waals surface area contributed by atoms with E-state index in [1.54, 1.807) is 15.5 Å². The predicted molar refractivity (Wildman–Crippen MR) is 116 cm³/mol. The van der Waals surface area contributed by atoms with Crippen molar-refractivity contribution in [1.29, 1.82) is 0 Å². The first-order valence-corrected chi connectivity index (χ1v) is 11.5. The third-order valence-corrected chi connectivity index (χ3v) is 6.94. The Hall–Kier alpha value is -2.78. The Labute approximate surface area is 190 Å². The lowest BCUT2D eigenvalue weighted by molar-refractivity contribution is -0.119. The summed E-state index contributed by atoms with van der Waals surface area (Å²) in [4.78, 5) is 30.3. The van der Waals surface area contributed by atoms with Gasteiger partial charge in [0.25, 0.3) is 5.92 Å². The van der Waals surface area contributed by atoms with E-state index in [0.717, 1.165) is 44.5 Å². The highest BCUT2D eigenvalue weighted by Crippen LogP contribution is 2.49. The second-order valence-corrected chi connectivity index (χ2v) is 10.8. The van der Waals surface area contributed by atoms with Crippen LogP contribution in [0.5, 0.6) is 0 Å². The van der Waals surface area contributed by atoms with E-state index in [-0.39, 0.29) is 23.4 Å². The second-order valence-electron chi connectivity index (χ2n) is 10.8. The van der Waals surface area contributed by atoms with Crippen molar-refractivity contribution in [1.82, 2.24) is 19.5 Å². The molecule has 3 aliphatic rings. The average Bonchev–Trinajstić information content (AvgIpc) is 3.15. The molecule has 0 bridgehead atoms. The largest absolute Gasteiger partial charge is 0.444 e. The van der Waals surface area contributed by atoms with Gasteiger partial charge in [-0.25, -0.2) is 18.1 Å². The van der Waals surface area contributed by atoms with Crippen LogP contribution in [-0.4, -0.2) is 56.1 Å². The zero-order valence-electron chi connectivity index (χ0n) is 19.1. The highest BCUT2D eigenvalue weighted by molar-refractivity contribution is 5.94. The van der Waals surface area contributed by atoms with Gasteiger partial charge in [-0.2, -0.15) is 4.98 Å². The molecule has 0 unspecified atom stereocenters. The number of pyridine rings is 1. The van der Waals surface area contributed by atoms with Crippen LogP contribution < -0.4 is 5.32 Å². The van der Waals surface area contributed by atoms with E-state index in [1.165, 1.54) is 0 Å². The highest BCUT2D eigenvalue weighted by atomic mass is 19.3. The van der Waals surface area contributed by atoms with Crippen LogP contribution in [0.25, 0.3) is 5.65 Å².